The van der Waals surface area contributed by atoms with E-state index in [1.54, 1.807) is 0 Å². The van der Waals surface area contributed by atoms with Crippen molar-refractivity contribution in [3.63, 3.8) is 0 Å². The van der Waals surface area contributed by atoms with Crippen LogP contribution in [-0.2, 0) is 23.0 Å². The molecule has 0 unspecified atom stereocenters. The molecule has 2 aromatic rings. The van der Waals surface area contributed by atoms with Gasteiger partial charge in [-0.2, -0.15) is 4.31 Å². The molecule has 148 valence electrons. The minimum absolute atomic E-state index is 0.0531. The first-order valence-electron chi connectivity index (χ1n) is 9.22. The van der Waals surface area contributed by atoms with Gasteiger partial charge < -0.3 is 4.90 Å². The van der Waals surface area contributed by atoms with E-state index >= 15 is 0 Å². The van der Waals surface area contributed by atoms with Gasteiger partial charge in [-0.25, -0.2) is 18.4 Å². The van der Waals surface area contributed by atoms with E-state index in [2.05, 4.69) is 14.9 Å². The first-order chi connectivity index (χ1) is 13.4. The smallest absolute Gasteiger partial charge is 0.269 e. The van der Waals surface area contributed by atoms with Crippen molar-refractivity contribution in [2.24, 2.45) is 0 Å². The number of nitrogens with zero attached hydrogens (tertiary/aromatic N) is 5. The maximum Gasteiger partial charge on any atom is 0.269 e. The van der Waals surface area contributed by atoms with Crippen LogP contribution in [0.4, 0.5) is 11.5 Å². The molecule has 2 aliphatic rings. The molecule has 0 bridgehead atoms. The van der Waals surface area contributed by atoms with Gasteiger partial charge in [-0.15, -0.1) is 0 Å². The van der Waals surface area contributed by atoms with E-state index in [0.29, 0.717) is 18.8 Å². The topological polar surface area (TPSA) is 110 Å². The molecule has 1 aromatic carbocycles. The maximum absolute atomic E-state index is 13.1. The van der Waals surface area contributed by atoms with E-state index in [0.717, 1.165) is 43.0 Å². The van der Waals surface area contributed by atoms with Crippen molar-refractivity contribution in [2.45, 2.75) is 37.6 Å². The number of rotatable bonds is 4. The van der Waals surface area contributed by atoms with Gasteiger partial charge in [0.15, 0.2) is 0 Å². The highest BCUT2D eigenvalue weighted by atomic mass is 32.2. The predicted octanol–water partition coefficient (Wildman–Crippen LogP) is 2.04. The van der Waals surface area contributed by atoms with Gasteiger partial charge in [-0.3, -0.25) is 10.1 Å². The number of fused-ring (bicyclic) bond motifs is 1. The number of aromatic nitrogens is 2. The van der Waals surface area contributed by atoms with Gasteiger partial charge in [0.1, 0.15) is 11.6 Å². The number of hydrogen-bond acceptors (Lipinski definition) is 7. The fourth-order valence-electron chi connectivity index (χ4n) is 3.78. The number of anilines is 1. The van der Waals surface area contributed by atoms with Crippen molar-refractivity contribution < 1.29 is 13.3 Å². The minimum atomic E-state index is -3.76. The molecule has 0 amide bonds. The molecule has 1 aromatic heterocycles. The van der Waals surface area contributed by atoms with Gasteiger partial charge in [0, 0.05) is 50.3 Å². The van der Waals surface area contributed by atoms with Crippen LogP contribution in [0, 0.1) is 17.0 Å². The van der Waals surface area contributed by atoms with Crippen molar-refractivity contribution in [1.29, 1.82) is 0 Å². The third-order valence-electron chi connectivity index (χ3n) is 5.21. The first kappa shape index (κ1) is 18.8. The SMILES string of the molecule is Cc1nc2c(c(N3CCCC3)n1)CN(S(=O)(=O)c1ccc([N+](=O)[O-])cc1)CC2. The molecule has 9 nitrogen and oxygen atoms in total. The summed E-state index contributed by atoms with van der Waals surface area (Å²) in [5.74, 6) is 1.54. The van der Waals surface area contributed by atoms with E-state index < -0.39 is 14.9 Å². The number of sulfonamides is 1. The molecular formula is C18H21N5O4S. The zero-order valence-electron chi connectivity index (χ0n) is 15.5. The lowest BCUT2D eigenvalue weighted by molar-refractivity contribution is -0.384. The Morgan fingerprint density at radius 2 is 1.75 bits per heavy atom. The second kappa shape index (κ2) is 7.10. The van der Waals surface area contributed by atoms with E-state index in [1.165, 1.54) is 28.6 Å². The predicted molar refractivity (Wildman–Crippen MR) is 103 cm³/mol. The third-order valence-corrected chi connectivity index (χ3v) is 7.07. The van der Waals surface area contributed by atoms with Crippen molar-refractivity contribution in [3.8, 4) is 0 Å². The molecule has 0 N–H and O–H groups in total. The Bertz CT molecular complexity index is 1020. The molecule has 3 heterocycles. The van der Waals surface area contributed by atoms with Crippen LogP contribution >= 0.6 is 0 Å². The van der Waals surface area contributed by atoms with Crippen LogP contribution in [0.2, 0.25) is 0 Å². The van der Waals surface area contributed by atoms with Crippen molar-refractivity contribution >= 4 is 21.5 Å². The Labute approximate surface area is 163 Å². The van der Waals surface area contributed by atoms with Crippen molar-refractivity contribution in [3.05, 3.63) is 51.5 Å². The second-order valence-electron chi connectivity index (χ2n) is 7.05. The lowest BCUT2D eigenvalue weighted by atomic mass is 10.1. The van der Waals surface area contributed by atoms with E-state index in [9.17, 15) is 18.5 Å². The largest absolute Gasteiger partial charge is 0.356 e. The van der Waals surface area contributed by atoms with Crippen LogP contribution in [0.3, 0.4) is 0 Å². The molecule has 0 saturated carbocycles. The number of nitro benzene ring substituents is 1. The van der Waals surface area contributed by atoms with Gasteiger partial charge in [-0.05, 0) is 31.9 Å². The zero-order chi connectivity index (χ0) is 19.9. The first-order valence-corrected chi connectivity index (χ1v) is 10.7. The van der Waals surface area contributed by atoms with Crippen LogP contribution in [-0.4, -0.2) is 47.2 Å². The van der Waals surface area contributed by atoms with Gasteiger partial charge in [0.25, 0.3) is 5.69 Å². The molecule has 10 heteroatoms. The quantitative estimate of drug-likeness (QED) is 0.567. The highest BCUT2D eigenvalue weighted by Gasteiger charge is 2.32. The summed E-state index contributed by atoms with van der Waals surface area (Å²) in [6.45, 7) is 4.22. The van der Waals surface area contributed by atoms with Gasteiger partial charge >= 0.3 is 0 Å². The highest BCUT2D eigenvalue weighted by molar-refractivity contribution is 7.89. The van der Waals surface area contributed by atoms with Crippen molar-refractivity contribution in [1.82, 2.24) is 14.3 Å². The summed E-state index contributed by atoms with van der Waals surface area (Å²) in [5, 5.41) is 10.8. The molecule has 0 aliphatic carbocycles. The summed E-state index contributed by atoms with van der Waals surface area (Å²) in [6.07, 6.45) is 2.72. The van der Waals surface area contributed by atoms with E-state index in [-0.39, 0.29) is 17.1 Å². The average Bonchev–Trinajstić information content (AvgIpc) is 3.21. The van der Waals surface area contributed by atoms with E-state index in [4.69, 9.17) is 0 Å². The second-order valence-corrected chi connectivity index (χ2v) is 8.99. The summed E-state index contributed by atoms with van der Waals surface area (Å²) < 4.78 is 27.6. The standard InChI is InChI=1S/C18H21N5O4S/c1-13-19-17-8-11-22(12-16(17)18(20-13)21-9-2-3-10-21)28(26,27)15-6-4-14(5-7-15)23(24)25/h4-7H,2-3,8-12H2,1H3. The van der Waals surface area contributed by atoms with Crippen LogP contribution in [0.15, 0.2) is 29.2 Å². The Hall–Kier alpha value is -2.59. The van der Waals surface area contributed by atoms with E-state index in [1.807, 2.05) is 6.92 Å². The van der Waals surface area contributed by atoms with Crippen LogP contribution < -0.4 is 4.90 Å². The summed E-state index contributed by atoms with van der Waals surface area (Å²) in [6, 6.07) is 5.01. The highest BCUT2D eigenvalue weighted by Crippen LogP contribution is 2.31. The lowest BCUT2D eigenvalue weighted by Crippen LogP contribution is -2.38. The lowest BCUT2D eigenvalue weighted by Gasteiger charge is -2.31. The normalized spacial score (nSPS) is 17.5. The maximum atomic E-state index is 13.1. The third kappa shape index (κ3) is 3.33. The molecule has 4 rings (SSSR count). The Morgan fingerprint density at radius 1 is 1.07 bits per heavy atom. The van der Waals surface area contributed by atoms with Gasteiger partial charge in [0.05, 0.1) is 15.5 Å². The van der Waals surface area contributed by atoms with Crippen LogP contribution in [0.1, 0.15) is 29.9 Å². The Morgan fingerprint density at radius 3 is 2.39 bits per heavy atom. The Balaban J connectivity index is 1.66. The summed E-state index contributed by atoms with van der Waals surface area (Å²) in [4.78, 5) is 21.7. The zero-order valence-corrected chi connectivity index (χ0v) is 16.4. The molecule has 0 radical (unpaired) electrons. The minimum Gasteiger partial charge on any atom is -0.356 e. The van der Waals surface area contributed by atoms with Crippen molar-refractivity contribution in [2.75, 3.05) is 24.5 Å². The summed E-state index contributed by atoms with van der Waals surface area (Å²) >= 11 is 0. The fraction of sp³-hybridized carbons (Fsp3) is 0.444. The molecule has 28 heavy (non-hydrogen) atoms. The Kier molecular flexibility index (Phi) is 4.76. The van der Waals surface area contributed by atoms with Crippen LogP contribution in [0.5, 0.6) is 0 Å². The molecular weight excluding hydrogens is 382 g/mol. The number of nitro groups is 1. The van der Waals surface area contributed by atoms with Gasteiger partial charge in [0.2, 0.25) is 10.0 Å². The average molecular weight is 403 g/mol. The van der Waals surface area contributed by atoms with Crippen LogP contribution in [0.25, 0.3) is 0 Å². The molecule has 1 fully saturated rings. The number of hydrogen-bond donors (Lipinski definition) is 0. The number of aryl methyl sites for hydroxylation is 1. The molecule has 0 spiro atoms. The van der Waals surface area contributed by atoms with Gasteiger partial charge in [-0.1, -0.05) is 0 Å². The molecule has 1 saturated heterocycles. The summed E-state index contributed by atoms with van der Waals surface area (Å²) in [7, 11) is -3.76. The number of non-ortho nitro benzene ring substituents is 1. The molecule has 2 aliphatic heterocycles. The monoisotopic (exact) mass is 403 g/mol. The summed E-state index contributed by atoms with van der Waals surface area (Å²) in [5.41, 5.74) is 1.64. The molecule has 0 atom stereocenters. The fourth-order valence-corrected chi connectivity index (χ4v) is 5.19. The number of benzene rings is 1.